The van der Waals surface area contributed by atoms with Crippen LogP contribution in [0.5, 0.6) is 11.5 Å². The van der Waals surface area contributed by atoms with Gasteiger partial charge in [0.2, 0.25) is 5.91 Å². The maximum atomic E-state index is 13.2. The molecule has 5 rings (SSSR count). The third-order valence-electron chi connectivity index (χ3n) is 7.82. The molecule has 0 aromatic heterocycles. The van der Waals surface area contributed by atoms with Crippen LogP contribution in [0.1, 0.15) is 70.7 Å². The fourth-order valence-electron chi connectivity index (χ4n) is 5.82. The van der Waals surface area contributed by atoms with Crippen LogP contribution in [0, 0.1) is 5.92 Å². The minimum Gasteiger partial charge on any atom is -0.497 e. The summed E-state index contributed by atoms with van der Waals surface area (Å²) >= 11 is 0. The number of piperidine rings is 1. The van der Waals surface area contributed by atoms with E-state index in [0.29, 0.717) is 48.6 Å². The summed E-state index contributed by atoms with van der Waals surface area (Å²) in [5.74, 6) is 0.707. The van der Waals surface area contributed by atoms with E-state index in [1.54, 1.807) is 31.4 Å². The Labute approximate surface area is 211 Å². The summed E-state index contributed by atoms with van der Waals surface area (Å²) in [5, 5.41) is 6.13. The molecule has 8 nitrogen and oxygen atoms in total. The smallest absolute Gasteiger partial charge is 0.257 e. The lowest BCUT2D eigenvalue weighted by Crippen LogP contribution is -2.40. The molecule has 3 amide bonds. The van der Waals surface area contributed by atoms with Gasteiger partial charge in [-0.1, -0.05) is 12.8 Å². The van der Waals surface area contributed by atoms with Crippen molar-refractivity contribution < 1.29 is 23.9 Å². The lowest BCUT2D eigenvalue weighted by atomic mass is 9.80. The molecule has 0 bridgehead atoms. The SMILES string of the molecule is COc1ccc(C(=O)N2CCC(C3C(=O)Nc4ccc(C(=O)NC5CCCC5)cc43)CC2)c(OC)c1. The molecular weight excluding hydrogens is 458 g/mol. The third kappa shape index (κ3) is 4.64. The zero-order valence-electron chi connectivity index (χ0n) is 20.8. The first-order valence-electron chi connectivity index (χ1n) is 12.8. The molecule has 36 heavy (non-hydrogen) atoms. The fourth-order valence-corrected chi connectivity index (χ4v) is 5.82. The van der Waals surface area contributed by atoms with Crippen LogP contribution in [-0.4, -0.2) is 56.0 Å². The first kappa shape index (κ1) is 24.2. The number of anilines is 1. The molecule has 2 fully saturated rings. The molecule has 2 aromatic carbocycles. The first-order chi connectivity index (χ1) is 17.5. The molecule has 2 N–H and O–H groups in total. The number of methoxy groups -OCH3 is 2. The zero-order chi connectivity index (χ0) is 25.2. The zero-order valence-corrected chi connectivity index (χ0v) is 20.8. The first-order valence-corrected chi connectivity index (χ1v) is 12.8. The van der Waals surface area contributed by atoms with E-state index in [0.717, 1.165) is 36.9 Å². The number of hydrogen-bond acceptors (Lipinski definition) is 5. The van der Waals surface area contributed by atoms with Gasteiger partial charge in [-0.2, -0.15) is 0 Å². The van der Waals surface area contributed by atoms with Gasteiger partial charge in [0, 0.05) is 36.4 Å². The van der Waals surface area contributed by atoms with Gasteiger partial charge in [-0.25, -0.2) is 0 Å². The summed E-state index contributed by atoms with van der Waals surface area (Å²) < 4.78 is 10.6. The molecule has 1 saturated carbocycles. The monoisotopic (exact) mass is 491 g/mol. The number of nitrogens with one attached hydrogen (secondary N) is 2. The van der Waals surface area contributed by atoms with Gasteiger partial charge in [-0.15, -0.1) is 0 Å². The molecule has 3 aliphatic rings. The van der Waals surface area contributed by atoms with E-state index >= 15 is 0 Å². The van der Waals surface area contributed by atoms with Crippen LogP contribution in [-0.2, 0) is 4.79 Å². The van der Waals surface area contributed by atoms with Crippen molar-refractivity contribution in [3.8, 4) is 11.5 Å². The maximum absolute atomic E-state index is 13.2. The van der Waals surface area contributed by atoms with Crippen molar-refractivity contribution in [1.82, 2.24) is 10.2 Å². The molecule has 1 saturated heterocycles. The molecule has 1 aliphatic carbocycles. The highest BCUT2D eigenvalue weighted by Crippen LogP contribution is 2.42. The highest BCUT2D eigenvalue weighted by Gasteiger charge is 2.39. The van der Waals surface area contributed by atoms with Crippen LogP contribution < -0.4 is 20.1 Å². The molecule has 2 aromatic rings. The van der Waals surface area contributed by atoms with Crippen LogP contribution in [0.3, 0.4) is 0 Å². The maximum Gasteiger partial charge on any atom is 0.257 e. The number of benzene rings is 2. The van der Waals surface area contributed by atoms with Gasteiger partial charge in [-0.05, 0) is 67.5 Å². The van der Waals surface area contributed by atoms with Crippen LogP contribution in [0.25, 0.3) is 0 Å². The number of carbonyl (C=O) groups is 3. The molecular formula is C28H33N3O5. The number of amides is 3. The highest BCUT2D eigenvalue weighted by atomic mass is 16.5. The van der Waals surface area contributed by atoms with Crippen molar-refractivity contribution in [1.29, 1.82) is 0 Å². The number of carbonyl (C=O) groups excluding carboxylic acids is 3. The number of likely N-dealkylation sites (tertiary alicyclic amines) is 1. The normalized spacial score (nSPS) is 20.1. The highest BCUT2D eigenvalue weighted by molar-refractivity contribution is 6.05. The van der Waals surface area contributed by atoms with Crippen LogP contribution >= 0.6 is 0 Å². The van der Waals surface area contributed by atoms with E-state index in [-0.39, 0.29) is 35.6 Å². The van der Waals surface area contributed by atoms with Gasteiger partial charge in [0.1, 0.15) is 11.5 Å². The summed E-state index contributed by atoms with van der Waals surface area (Å²) in [6.07, 6.45) is 5.78. The summed E-state index contributed by atoms with van der Waals surface area (Å²) in [6.45, 7) is 1.11. The summed E-state index contributed by atoms with van der Waals surface area (Å²) in [6, 6.07) is 10.9. The Kier molecular flexibility index (Phi) is 6.85. The number of ether oxygens (including phenoxy) is 2. The molecule has 1 unspecified atom stereocenters. The average molecular weight is 492 g/mol. The second-order valence-corrected chi connectivity index (χ2v) is 9.92. The second kappa shape index (κ2) is 10.2. The second-order valence-electron chi connectivity index (χ2n) is 9.92. The topological polar surface area (TPSA) is 97.0 Å². The van der Waals surface area contributed by atoms with Crippen molar-refractivity contribution >= 4 is 23.4 Å². The summed E-state index contributed by atoms with van der Waals surface area (Å²) in [7, 11) is 3.11. The lowest BCUT2D eigenvalue weighted by molar-refractivity contribution is -0.118. The number of fused-ring (bicyclic) bond motifs is 1. The minimum atomic E-state index is -0.313. The Morgan fingerprint density at radius 2 is 1.72 bits per heavy atom. The van der Waals surface area contributed by atoms with Gasteiger partial charge < -0.3 is 25.0 Å². The van der Waals surface area contributed by atoms with E-state index in [9.17, 15) is 14.4 Å². The Bertz CT molecular complexity index is 1170. The van der Waals surface area contributed by atoms with Gasteiger partial charge >= 0.3 is 0 Å². The van der Waals surface area contributed by atoms with Crippen molar-refractivity contribution in [2.45, 2.75) is 50.5 Å². The van der Waals surface area contributed by atoms with Gasteiger partial charge in [-0.3, -0.25) is 14.4 Å². The largest absolute Gasteiger partial charge is 0.497 e. The van der Waals surface area contributed by atoms with Crippen molar-refractivity contribution in [2.75, 3.05) is 32.6 Å². The van der Waals surface area contributed by atoms with Gasteiger partial charge in [0.05, 0.1) is 25.7 Å². The Morgan fingerprint density at radius 3 is 2.42 bits per heavy atom. The van der Waals surface area contributed by atoms with Crippen LogP contribution in [0.4, 0.5) is 5.69 Å². The molecule has 0 spiro atoms. The van der Waals surface area contributed by atoms with Gasteiger partial charge in [0.25, 0.3) is 11.8 Å². The third-order valence-corrected chi connectivity index (χ3v) is 7.82. The van der Waals surface area contributed by atoms with E-state index in [1.807, 2.05) is 17.0 Å². The Balaban J connectivity index is 1.27. The quantitative estimate of drug-likeness (QED) is 0.638. The standard InChI is InChI=1S/C28H33N3O5/c1-35-20-8-9-21(24(16-20)36-2)28(34)31-13-11-17(12-14-31)25-22-15-18(7-10-23(22)30-27(25)33)26(32)29-19-5-3-4-6-19/h7-10,15-17,19,25H,3-6,11-14H2,1-2H3,(H,29,32)(H,30,33). The lowest BCUT2D eigenvalue weighted by Gasteiger charge is -2.34. The minimum absolute atomic E-state index is 0.0278. The predicted molar refractivity (Wildman–Crippen MR) is 136 cm³/mol. The van der Waals surface area contributed by atoms with E-state index in [1.165, 1.54) is 7.11 Å². The molecule has 1 atom stereocenters. The van der Waals surface area contributed by atoms with Crippen molar-refractivity contribution in [2.24, 2.45) is 5.92 Å². The van der Waals surface area contributed by atoms with Crippen molar-refractivity contribution in [3.05, 3.63) is 53.1 Å². The number of nitrogens with zero attached hydrogens (tertiary/aromatic N) is 1. The van der Waals surface area contributed by atoms with Crippen LogP contribution in [0.2, 0.25) is 0 Å². The Hall–Kier alpha value is -3.55. The van der Waals surface area contributed by atoms with E-state index < -0.39 is 0 Å². The van der Waals surface area contributed by atoms with Crippen molar-refractivity contribution in [3.63, 3.8) is 0 Å². The molecule has 2 aliphatic heterocycles. The van der Waals surface area contributed by atoms with Crippen LogP contribution in [0.15, 0.2) is 36.4 Å². The number of rotatable bonds is 6. The van der Waals surface area contributed by atoms with E-state index in [4.69, 9.17) is 9.47 Å². The molecule has 2 heterocycles. The summed E-state index contributed by atoms with van der Waals surface area (Å²) in [5.41, 5.74) is 2.77. The summed E-state index contributed by atoms with van der Waals surface area (Å²) in [4.78, 5) is 40.8. The predicted octanol–water partition coefficient (Wildman–Crippen LogP) is 3.96. The van der Waals surface area contributed by atoms with Gasteiger partial charge in [0.15, 0.2) is 0 Å². The van der Waals surface area contributed by atoms with E-state index in [2.05, 4.69) is 10.6 Å². The fraction of sp³-hybridized carbons (Fsp3) is 0.464. The number of hydrogen-bond donors (Lipinski definition) is 2. The molecule has 190 valence electrons. The average Bonchev–Trinajstić information content (AvgIpc) is 3.54. The Morgan fingerprint density at radius 1 is 0.972 bits per heavy atom. The molecule has 8 heteroatoms. The molecule has 0 radical (unpaired) electrons.